The molecule has 0 radical (unpaired) electrons. The Morgan fingerprint density at radius 3 is 2.03 bits per heavy atom. The van der Waals surface area contributed by atoms with Crippen LogP contribution in [0.4, 0.5) is 0 Å². The SMILES string of the molecule is CC(=O)O[C@@H]1C[C@@H](O)O[C@H](C)[C@H]1O[C@@H]1C[C@@H](OCc2ccccc2)[C@H](OCc2ccccc2)[C@@H](C)O1. The summed E-state index contributed by atoms with van der Waals surface area (Å²) in [6, 6.07) is 20.0. The van der Waals surface area contributed by atoms with Crippen LogP contribution in [0.5, 0.6) is 0 Å². The normalized spacial score (nSPS) is 32.7. The van der Waals surface area contributed by atoms with Crippen molar-refractivity contribution in [3.05, 3.63) is 71.8 Å². The van der Waals surface area contributed by atoms with Gasteiger partial charge in [0.2, 0.25) is 0 Å². The summed E-state index contributed by atoms with van der Waals surface area (Å²) in [6.45, 7) is 5.94. The van der Waals surface area contributed by atoms with Gasteiger partial charge < -0.3 is 33.5 Å². The first-order valence-corrected chi connectivity index (χ1v) is 12.5. The number of hydrogen-bond donors (Lipinski definition) is 1. The van der Waals surface area contributed by atoms with Crippen molar-refractivity contribution in [2.75, 3.05) is 0 Å². The third-order valence-corrected chi connectivity index (χ3v) is 6.47. The second-order valence-electron chi connectivity index (χ2n) is 9.38. The molecule has 0 bridgehead atoms. The largest absolute Gasteiger partial charge is 0.459 e. The summed E-state index contributed by atoms with van der Waals surface area (Å²) < 4.78 is 36.2. The quantitative estimate of drug-likeness (QED) is 0.521. The number of rotatable bonds is 9. The average Bonchev–Trinajstić information content (AvgIpc) is 2.85. The van der Waals surface area contributed by atoms with Gasteiger partial charge in [-0.2, -0.15) is 0 Å². The van der Waals surface area contributed by atoms with Crippen LogP contribution in [0.1, 0.15) is 44.7 Å². The van der Waals surface area contributed by atoms with Crippen molar-refractivity contribution < 1.29 is 38.3 Å². The van der Waals surface area contributed by atoms with Gasteiger partial charge in [-0.1, -0.05) is 60.7 Å². The number of benzene rings is 2. The zero-order valence-corrected chi connectivity index (χ0v) is 21.0. The van der Waals surface area contributed by atoms with E-state index in [1.54, 1.807) is 6.92 Å². The van der Waals surface area contributed by atoms with Crippen molar-refractivity contribution in [1.29, 1.82) is 0 Å². The van der Waals surface area contributed by atoms with E-state index in [9.17, 15) is 9.90 Å². The van der Waals surface area contributed by atoms with E-state index in [0.717, 1.165) is 11.1 Å². The lowest BCUT2D eigenvalue weighted by atomic mass is 9.99. The highest BCUT2D eigenvalue weighted by Gasteiger charge is 2.44. The molecule has 2 aromatic carbocycles. The Kier molecular flexibility index (Phi) is 9.47. The second kappa shape index (κ2) is 12.8. The fourth-order valence-corrected chi connectivity index (χ4v) is 4.75. The van der Waals surface area contributed by atoms with Crippen molar-refractivity contribution in [2.45, 2.75) is 96.0 Å². The molecule has 2 aliphatic heterocycles. The Morgan fingerprint density at radius 2 is 1.42 bits per heavy atom. The van der Waals surface area contributed by atoms with E-state index in [2.05, 4.69) is 0 Å². The summed E-state index contributed by atoms with van der Waals surface area (Å²) in [4.78, 5) is 11.7. The van der Waals surface area contributed by atoms with Gasteiger partial charge in [-0.3, -0.25) is 4.79 Å². The van der Waals surface area contributed by atoms with Crippen LogP contribution in [0.15, 0.2) is 60.7 Å². The molecule has 8 atom stereocenters. The third kappa shape index (κ3) is 7.35. The monoisotopic (exact) mass is 500 g/mol. The van der Waals surface area contributed by atoms with Gasteiger partial charge in [0.25, 0.3) is 0 Å². The topological polar surface area (TPSA) is 92.7 Å². The van der Waals surface area contributed by atoms with Crippen LogP contribution in [-0.2, 0) is 46.4 Å². The molecule has 8 nitrogen and oxygen atoms in total. The highest BCUT2D eigenvalue weighted by atomic mass is 16.7. The van der Waals surface area contributed by atoms with Crippen LogP contribution in [0, 0.1) is 0 Å². The molecule has 2 aliphatic rings. The van der Waals surface area contributed by atoms with Crippen LogP contribution in [0.3, 0.4) is 0 Å². The van der Waals surface area contributed by atoms with Crippen LogP contribution in [-0.4, -0.2) is 60.3 Å². The lowest BCUT2D eigenvalue weighted by molar-refractivity contribution is -0.315. The molecular weight excluding hydrogens is 464 g/mol. The van der Waals surface area contributed by atoms with Gasteiger partial charge in [-0.25, -0.2) is 0 Å². The van der Waals surface area contributed by atoms with Gasteiger partial charge in [-0.05, 0) is 25.0 Å². The Labute approximate surface area is 212 Å². The first kappa shape index (κ1) is 26.7. The molecule has 2 fully saturated rings. The van der Waals surface area contributed by atoms with Crippen LogP contribution in [0.2, 0.25) is 0 Å². The predicted molar refractivity (Wildman–Crippen MR) is 131 cm³/mol. The molecule has 2 heterocycles. The number of esters is 1. The fourth-order valence-electron chi connectivity index (χ4n) is 4.75. The van der Waals surface area contributed by atoms with E-state index in [1.165, 1.54) is 6.92 Å². The molecule has 8 heteroatoms. The predicted octanol–water partition coefficient (Wildman–Crippen LogP) is 3.74. The molecule has 0 spiro atoms. The molecule has 1 N–H and O–H groups in total. The van der Waals surface area contributed by atoms with Gasteiger partial charge in [0.05, 0.1) is 31.5 Å². The van der Waals surface area contributed by atoms with Crippen molar-refractivity contribution in [1.82, 2.24) is 0 Å². The highest BCUT2D eigenvalue weighted by Crippen LogP contribution is 2.32. The van der Waals surface area contributed by atoms with Crippen molar-refractivity contribution in [3.63, 3.8) is 0 Å². The van der Waals surface area contributed by atoms with Crippen LogP contribution in [0.25, 0.3) is 0 Å². The lowest BCUT2D eigenvalue weighted by Crippen LogP contribution is -2.55. The average molecular weight is 501 g/mol. The Balaban J connectivity index is 1.45. The van der Waals surface area contributed by atoms with Gasteiger partial charge in [-0.15, -0.1) is 0 Å². The Morgan fingerprint density at radius 1 is 0.833 bits per heavy atom. The van der Waals surface area contributed by atoms with E-state index in [0.29, 0.717) is 19.6 Å². The van der Waals surface area contributed by atoms with Crippen LogP contribution >= 0.6 is 0 Å². The number of ether oxygens (including phenoxy) is 6. The molecule has 0 saturated carbocycles. The van der Waals surface area contributed by atoms with Gasteiger partial charge >= 0.3 is 5.97 Å². The summed E-state index contributed by atoms with van der Waals surface area (Å²) in [7, 11) is 0. The second-order valence-corrected chi connectivity index (χ2v) is 9.38. The zero-order chi connectivity index (χ0) is 25.5. The fraction of sp³-hybridized carbons (Fsp3) is 0.536. The van der Waals surface area contributed by atoms with E-state index < -0.39 is 36.9 Å². The van der Waals surface area contributed by atoms with E-state index in [-0.39, 0.29) is 24.7 Å². The van der Waals surface area contributed by atoms with Crippen molar-refractivity contribution in [2.24, 2.45) is 0 Å². The third-order valence-electron chi connectivity index (χ3n) is 6.47. The first-order chi connectivity index (χ1) is 17.4. The Bertz CT molecular complexity index is 939. The van der Waals surface area contributed by atoms with Crippen molar-refractivity contribution in [3.8, 4) is 0 Å². The molecule has 2 aromatic rings. The maximum Gasteiger partial charge on any atom is 0.302 e. The number of carbonyl (C=O) groups excluding carboxylic acids is 1. The van der Waals surface area contributed by atoms with Gasteiger partial charge in [0.1, 0.15) is 18.3 Å². The molecule has 4 rings (SSSR count). The molecule has 36 heavy (non-hydrogen) atoms. The summed E-state index contributed by atoms with van der Waals surface area (Å²) in [5.74, 6) is -0.439. The van der Waals surface area contributed by atoms with Crippen molar-refractivity contribution >= 4 is 5.97 Å². The summed E-state index contributed by atoms with van der Waals surface area (Å²) in [5, 5.41) is 10.00. The number of hydrogen-bond acceptors (Lipinski definition) is 8. The molecule has 0 aromatic heterocycles. The number of carbonyl (C=O) groups is 1. The summed E-state index contributed by atoms with van der Waals surface area (Å²) in [6.07, 6.45) is -3.72. The molecule has 2 saturated heterocycles. The van der Waals surface area contributed by atoms with E-state index in [1.807, 2.05) is 67.6 Å². The van der Waals surface area contributed by atoms with Gasteiger partial charge in [0, 0.05) is 19.8 Å². The standard InChI is InChI=1S/C28H36O8/c1-18-27(32-17-22-12-8-5-9-13-22)23(31-16-21-10-6-4-7-11-21)15-26(34-18)36-28-19(2)33-25(30)14-24(28)35-20(3)29/h4-13,18-19,23-28,30H,14-17H2,1-3H3/t18-,19-,23-,24-,25+,26-,27-,28-/m1/s1. The smallest absolute Gasteiger partial charge is 0.302 e. The first-order valence-electron chi connectivity index (χ1n) is 12.5. The van der Waals surface area contributed by atoms with E-state index >= 15 is 0 Å². The highest BCUT2D eigenvalue weighted by molar-refractivity contribution is 5.66. The minimum absolute atomic E-state index is 0.133. The Hall–Kier alpha value is -2.33. The molecule has 196 valence electrons. The summed E-state index contributed by atoms with van der Waals surface area (Å²) >= 11 is 0. The maximum atomic E-state index is 11.7. The summed E-state index contributed by atoms with van der Waals surface area (Å²) in [5.41, 5.74) is 2.13. The maximum absolute atomic E-state index is 11.7. The molecule has 0 aliphatic carbocycles. The minimum atomic E-state index is -1.02. The number of aliphatic hydroxyl groups is 1. The number of aliphatic hydroxyl groups excluding tert-OH is 1. The molecular formula is C28H36O8. The molecule has 0 amide bonds. The minimum Gasteiger partial charge on any atom is -0.459 e. The van der Waals surface area contributed by atoms with E-state index in [4.69, 9.17) is 28.4 Å². The van der Waals surface area contributed by atoms with Gasteiger partial charge in [0.15, 0.2) is 12.6 Å². The lowest BCUT2D eigenvalue weighted by Gasteiger charge is -2.44. The van der Waals surface area contributed by atoms with Crippen LogP contribution < -0.4 is 0 Å². The molecule has 0 unspecified atom stereocenters. The zero-order valence-electron chi connectivity index (χ0n) is 21.0.